The monoisotopic (exact) mass is 484 g/mol. The average molecular weight is 485 g/mol. The maximum atomic E-state index is 13.4. The Balaban J connectivity index is 1.47. The number of aromatic nitrogens is 4. The van der Waals surface area contributed by atoms with Crippen molar-refractivity contribution < 1.29 is 13.2 Å². The zero-order chi connectivity index (χ0) is 23.0. The van der Waals surface area contributed by atoms with Crippen LogP contribution in [0.5, 0.6) is 5.75 Å². The van der Waals surface area contributed by atoms with Gasteiger partial charge in [-0.25, -0.2) is 13.4 Å². The van der Waals surface area contributed by atoms with Crippen molar-refractivity contribution in [2.24, 2.45) is 0 Å². The highest BCUT2D eigenvalue weighted by molar-refractivity contribution is 7.89. The minimum Gasteiger partial charge on any atom is -0.495 e. The van der Waals surface area contributed by atoms with Crippen LogP contribution in [0.3, 0.4) is 0 Å². The third-order valence-corrected chi connectivity index (χ3v) is 7.80. The lowest BCUT2D eigenvalue weighted by Gasteiger charge is -2.36. The summed E-state index contributed by atoms with van der Waals surface area (Å²) in [6.45, 7) is 1.54. The predicted molar refractivity (Wildman–Crippen MR) is 125 cm³/mol. The summed E-state index contributed by atoms with van der Waals surface area (Å²) in [5.41, 5.74) is 1.90. The fourth-order valence-corrected chi connectivity index (χ4v) is 5.86. The van der Waals surface area contributed by atoms with Crippen LogP contribution >= 0.6 is 11.6 Å². The van der Waals surface area contributed by atoms with Crippen LogP contribution in [0.4, 0.5) is 5.82 Å². The van der Waals surface area contributed by atoms with Gasteiger partial charge in [0.1, 0.15) is 22.8 Å². The summed E-state index contributed by atoms with van der Waals surface area (Å²) in [5, 5.41) is 4.70. The fraction of sp³-hybridized carbons (Fsp3) is 0.227. The number of benzene rings is 2. The van der Waals surface area contributed by atoms with Gasteiger partial charge in [-0.3, -0.25) is 0 Å². The van der Waals surface area contributed by atoms with E-state index in [1.165, 1.54) is 23.8 Å². The molecule has 0 N–H and O–H groups in total. The minimum atomic E-state index is -3.78. The molecule has 0 atom stereocenters. The molecule has 9 nitrogen and oxygen atoms in total. The Kier molecular flexibility index (Phi) is 5.65. The molecule has 33 heavy (non-hydrogen) atoms. The number of hydrogen-bond acceptors (Lipinski definition) is 7. The molecular weight excluding hydrogens is 464 g/mol. The van der Waals surface area contributed by atoms with Crippen molar-refractivity contribution in [1.29, 1.82) is 0 Å². The quantitative estimate of drug-likeness (QED) is 0.430. The number of rotatable bonds is 5. The van der Waals surface area contributed by atoms with Gasteiger partial charge >= 0.3 is 0 Å². The highest BCUT2D eigenvalue weighted by Crippen LogP contribution is 2.33. The molecule has 2 aromatic heterocycles. The molecule has 1 aliphatic heterocycles. The Morgan fingerprint density at radius 2 is 1.76 bits per heavy atom. The van der Waals surface area contributed by atoms with Gasteiger partial charge in [-0.1, -0.05) is 41.9 Å². The molecule has 2 aromatic carbocycles. The number of ether oxygens (including phenoxy) is 1. The average Bonchev–Trinajstić information content (AvgIpc) is 3.33. The first kappa shape index (κ1) is 21.6. The van der Waals surface area contributed by atoms with Crippen LogP contribution in [-0.2, 0) is 10.0 Å². The number of sulfonamides is 1. The number of nitrogens with zero attached hydrogens (tertiary/aromatic N) is 6. The summed E-state index contributed by atoms with van der Waals surface area (Å²) in [7, 11) is -2.33. The lowest BCUT2D eigenvalue weighted by molar-refractivity contribution is 0.373. The molecule has 5 rings (SSSR count). The Morgan fingerprint density at radius 3 is 2.48 bits per heavy atom. The Hall–Kier alpha value is -3.21. The van der Waals surface area contributed by atoms with E-state index in [9.17, 15) is 8.42 Å². The van der Waals surface area contributed by atoms with Crippen molar-refractivity contribution in [2.75, 3.05) is 38.2 Å². The van der Waals surface area contributed by atoms with Gasteiger partial charge in [-0.15, -0.1) is 0 Å². The second kappa shape index (κ2) is 8.62. The van der Waals surface area contributed by atoms with Crippen molar-refractivity contribution in [3.05, 3.63) is 66.1 Å². The van der Waals surface area contributed by atoms with Crippen molar-refractivity contribution >= 4 is 33.2 Å². The molecule has 0 bridgehead atoms. The van der Waals surface area contributed by atoms with E-state index in [1.807, 2.05) is 30.3 Å². The van der Waals surface area contributed by atoms with Crippen molar-refractivity contribution in [1.82, 2.24) is 23.9 Å². The van der Waals surface area contributed by atoms with E-state index in [-0.39, 0.29) is 10.6 Å². The molecule has 1 fully saturated rings. The van der Waals surface area contributed by atoms with Crippen LogP contribution in [0.15, 0.2) is 66.0 Å². The van der Waals surface area contributed by atoms with Crippen LogP contribution < -0.4 is 9.64 Å². The number of fused-ring (bicyclic) bond motifs is 1. The van der Waals surface area contributed by atoms with Crippen molar-refractivity contribution in [3.63, 3.8) is 0 Å². The lowest BCUT2D eigenvalue weighted by Crippen LogP contribution is -2.49. The molecule has 0 spiro atoms. The topological polar surface area (TPSA) is 92.9 Å². The largest absolute Gasteiger partial charge is 0.495 e. The predicted octanol–water partition coefficient (Wildman–Crippen LogP) is 2.96. The molecule has 1 saturated heterocycles. The number of piperazine rings is 1. The second-order valence-electron chi connectivity index (χ2n) is 7.52. The van der Waals surface area contributed by atoms with Gasteiger partial charge in [0.25, 0.3) is 5.78 Å². The van der Waals surface area contributed by atoms with Gasteiger partial charge in [0.15, 0.2) is 0 Å². The summed E-state index contributed by atoms with van der Waals surface area (Å²) < 4.78 is 35.1. The summed E-state index contributed by atoms with van der Waals surface area (Å²) in [4.78, 5) is 10.8. The normalized spacial score (nSPS) is 15.2. The second-order valence-corrected chi connectivity index (χ2v) is 9.86. The van der Waals surface area contributed by atoms with Gasteiger partial charge in [-0.05, 0) is 23.8 Å². The smallest absolute Gasteiger partial charge is 0.254 e. The zero-order valence-corrected chi connectivity index (χ0v) is 19.4. The summed E-state index contributed by atoms with van der Waals surface area (Å²) in [6.07, 6.45) is 3.25. The minimum absolute atomic E-state index is 0.0681. The van der Waals surface area contributed by atoms with E-state index in [4.69, 9.17) is 16.3 Å². The van der Waals surface area contributed by atoms with Gasteiger partial charge < -0.3 is 9.64 Å². The Labute approximate surface area is 196 Å². The molecule has 0 aliphatic carbocycles. The van der Waals surface area contributed by atoms with Gasteiger partial charge in [0, 0.05) is 43.0 Å². The SMILES string of the molecule is COc1ccc(Cl)cc1S(=O)(=O)N1CCN(c2c(-c3ccccc3)cnc3ncnn23)CC1. The zero-order valence-electron chi connectivity index (χ0n) is 17.8. The van der Waals surface area contributed by atoms with Crippen LogP contribution in [0.2, 0.25) is 5.02 Å². The van der Waals surface area contributed by atoms with E-state index in [2.05, 4.69) is 20.0 Å². The van der Waals surface area contributed by atoms with Crippen LogP contribution in [0.1, 0.15) is 0 Å². The van der Waals surface area contributed by atoms with E-state index >= 15 is 0 Å². The Bertz CT molecular complexity index is 1400. The first-order valence-electron chi connectivity index (χ1n) is 10.3. The molecule has 170 valence electrons. The molecule has 0 unspecified atom stereocenters. The van der Waals surface area contributed by atoms with E-state index in [0.717, 1.165) is 16.9 Å². The summed E-state index contributed by atoms with van der Waals surface area (Å²) >= 11 is 6.07. The maximum Gasteiger partial charge on any atom is 0.254 e. The Morgan fingerprint density at radius 1 is 1.00 bits per heavy atom. The van der Waals surface area contributed by atoms with Crippen LogP contribution in [-0.4, -0.2) is 65.6 Å². The summed E-state index contributed by atoms with van der Waals surface area (Å²) in [6, 6.07) is 14.5. The molecule has 1 aliphatic rings. The van der Waals surface area contributed by atoms with E-state index in [0.29, 0.717) is 37.0 Å². The van der Waals surface area contributed by atoms with Crippen molar-refractivity contribution in [2.45, 2.75) is 4.90 Å². The van der Waals surface area contributed by atoms with Crippen LogP contribution in [0.25, 0.3) is 16.9 Å². The summed E-state index contributed by atoms with van der Waals surface area (Å²) in [5.74, 6) is 1.59. The first-order valence-corrected chi connectivity index (χ1v) is 12.1. The molecule has 0 amide bonds. The van der Waals surface area contributed by atoms with E-state index in [1.54, 1.807) is 22.8 Å². The standard InChI is InChI=1S/C22H21ClN6O3S/c1-32-19-8-7-17(23)13-20(19)33(30,31)28-11-9-27(10-12-28)21-18(16-5-3-2-4-6-16)14-24-22-25-15-26-29(21)22/h2-8,13-15H,9-12H2,1H3. The van der Waals surface area contributed by atoms with E-state index < -0.39 is 10.0 Å². The highest BCUT2D eigenvalue weighted by Gasteiger charge is 2.32. The molecule has 3 heterocycles. The van der Waals surface area contributed by atoms with Crippen LogP contribution in [0, 0.1) is 0 Å². The van der Waals surface area contributed by atoms with Crippen molar-refractivity contribution in [3.8, 4) is 16.9 Å². The number of methoxy groups -OCH3 is 1. The third-order valence-electron chi connectivity index (χ3n) is 5.65. The third kappa shape index (κ3) is 3.90. The van der Waals surface area contributed by atoms with Gasteiger partial charge in [-0.2, -0.15) is 18.9 Å². The number of halogens is 1. The molecule has 0 radical (unpaired) electrons. The lowest BCUT2D eigenvalue weighted by atomic mass is 10.1. The molecule has 4 aromatic rings. The molecule has 11 heteroatoms. The first-order chi connectivity index (χ1) is 16.0. The number of hydrogen-bond donors (Lipinski definition) is 0. The maximum absolute atomic E-state index is 13.4. The fourth-order valence-electron chi connectivity index (χ4n) is 4.02. The van der Waals surface area contributed by atoms with Gasteiger partial charge in [0.05, 0.1) is 7.11 Å². The number of anilines is 1. The molecule has 0 saturated carbocycles. The molecular formula is C22H21ClN6O3S. The van der Waals surface area contributed by atoms with Gasteiger partial charge in [0.2, 0.25) is 10.0 Å². The highest BCUT2D eigenvalue weighted by atomic mass is 35.5.